The summed E-state index contributed by atoms with van der Waals surface area (Å²) in [5.74, 6) is -0.375. The van der Waals surface area contributed by atoms with Crippen LogP contribution < -0.4 is 9.64 Å². The predicted octanol–water partition coefficient (Wildman–Crippen LogP) is 6.43. The van der Waals surface area contributed by atoms with E-state index in [1.54, 1.807) is 13.0 Å². The topological polar surface area (TPSA) is 95.4 Å². The van der Waals surface area contributed by atoms with Gasteiger partial charge in [-0.15, -0.1) is 0 Å². The lowest BCUT2D eigenvalue weighted by Gasteiger charge is -2.33. The fraction of sp³-hybridized carbons (Fsp3) is 0.438. The minimum absolute atomic E-state index is 0.0522. The number of methoxy groups -OCH3 is 1. The maximum absolute atomic E-state index is 13.6. The van der Waals surface area contributed by atoms with Gasteiger partial charge in [0.2, 0.25) is 6.41 Å². The van der Waals surface area contributed by atoms with Crippen LogP contribution in [0.4, 0.5) is 32.2 Å². The average molecular weight is 652 g/mol. The molecule has 0 amide bonds. The molecule has 14 heteroatoms. The van der Waals surface area contributed by atoms with Gasteiger partial charge in [0.05, 0.1) is 29.8 Å². The van der Waals surface area contributed by atoms with Crippen molar-refractivity contribution < 1.29 is 50.8 Å². The number of nitrogens with zero attached hydrogens (tertiary/aromatic N) is 3. The molecule has 2 saturated heterocycles. The second-order valence-corrected chi connectivity index (χ2v) is 11.9. The van der Waals surface area contributed by atoms with E-state index in [4.69, 9.17) is 14.5 Å². The highest BCUT2D eigenvalue weighted by molar-refractivity contribution is 5.78. The van der Waals surface area contributed by atoms with E-state index in [-0.39, 0.29) is 24.1 Å². The maximum Gasteiger partial charge on any atom is 0.416 e. The zero-order chi connectivity index (χ0) is 33.1. The van der Waals surface area contributed by atoms with Crippen LogP contribution in [-0.4, -0.2) is 58.7 Å². The van der Waals surface area contributed by atoms with Gasteiger partial charge in [0.15, 0.2) is 0 Å². The first kappa shape index (κ1) is 32.1. The number of carboxylic acids is 1. The largest absolute Gasteiger partial charge is 0.496 e. The third kappa shape index (κ3) is 6.13. The van der Waals surface area contributed by atoms with Crippen molar-refractivity contribution in [3.05, 3.63) is 76.5 Å². The van der Waals surface area contributed by atoms with E-state index < -0.39 is 53.9 Å². The molecule has 0 radical (unpaired) electrons. The molecular formula is C32H31F6N3O5. The number of ether oxygens (including phenoxy) is 2. The van der Waals surface area contributed by atoms with Crippen LogP contribution in [-0.2, 0) is 28.4 Å². The number of carboxylic acid groups (broad SMARTS) is 1. The number of aliphatic hydroxyl groups is 1. The summed E-state index contributed by atoms with van der Waals surface area (Å²) in [6.07, 6.45) is -11.6. The van der Waals surface area contributed by atoms with Crippen molar-refractivity contribution >= 4 is 11.8 Å². The minimum Gasteiger partial charge on any atom is -0.496 e. The fourth-order valence-corrected chi connectivity index (χ4v) is 6.17. The van der Waals surface area contributed by atoms with Gasteiger partial charge < -0.3 is 24.6 Å². The number of aliphatic hydroxyl groups excluding tert-OH is 1. The first-order valence-corrected chi connectivity index (χ1v) is 14.7. The number of hydrogen-bond acceptors (Lipinski definition) is 7. The van der Waals surface area contributed by atoms with Crippen molar-refractivity contribution in [1.82, 2.24) is 9.88 Å². The minimum atomic E-state index is -5.04. The lowest BCUT2D eigenvalue weighted by molar-refractivity contribution is -0.154. The molecule has 0 bridgehead atoms. The lowest BCUT2D eigenvalue weighted by atomic mass is 9.96. The summed E-state index contributed by atoms with van der Waals surface area (Å²) in [5.41, 5.74) is -0.813. The Bertz CT molecular complexity index is 1610. The Kier molecular flexibility index (Phi) is 8.18. The summed E-state index contributed by atoms with van der Waals surface area (Å²) in [6, 6.07) is 9.49. The molecule has 5 atom stereocenters. The standard InChI is InChI=1S/C32H31F6N3O5/c1-16-28(18-10-19(31(33,34)35)13-20(11-18)32(36,37)38)46-30(44)41(16)15-25-21(5-7-27(39-25)40-8-3-9-40)23-12-17(4-6-26(23)45-2)22-14-24(22)29(42)43/h4-7,10-13,16,22,24,28,30,44H,3,8-9,14-15H2,1-2H3,(H,42,43)/t16-,22-,24+,28-,30?/m0/s1. The first-order valence-electron chi connectivity index (χ1n) is 14.7. The van der Waals surface area contributed by atoms with Crippen LogP contribution in [0.25, 0.3) is 11.1 Å². The molecule has 1 saturated carbocycles. The highest BCUT2D eigenvalue weighted by Crippen LogP contribution is 2.50. The average Bonchev–Trinajstić information content (AvgIpc) is 3.73. The zero-order valence-corrected chi connectivity index (χ0v) is 24.8. The number of hydrogen-bond donors (Lipinski definition) is 2. The Balaban J connectivity index is 1.37. The Morgan fingerprint density at radius 3 is 2.20 bits per heavy atom. The molecule has 46 heavy (non-hydrogen) atoms. The van der Waals surface area contributed by atoms with Crippen molar-refractivity contribution in [3.63, 3.8) is 0 Å². The molecule has 1 aliphatic carbocycles. The fourth-order valence-electron chi connectivity index (χ4n) is 6.17. The van der Waals surface area contributed by atoms with Gasteiger partial charge in [0, 0.05) is 36.8 Å². The van der Waals surface area contributed by atoms with E-state index in [0.717, 1.165) is 25.1 Å². The van der Waals surface area contributed by atoms with Crippen molar-refractivity contribution in [2.75, 3.05) is 25.1 Å². The third-order valence-corrected chi connectivity index (χ3v) is 8.97. The van der Waals surface area contributed by atoms with Crippen molar-refractivity contribution in [3.8, 4) is 16.9 Å². The number of halogens is 6. The van der Waals surface area contributed by atoms with E-state index in [9.17, 15) is 41.4 Å². The normalized spacial score (nSPS) is 25.0. The van der Waals surface area contributed by atoms with Gasteiger partial charge in [-0.1, -0.05) is 6.07 Å². The van der Waals surface area contributed by atoms with Gasteiger partial charge in [0.25, 0.3) is 0 Å². The Morgan fingerprint density at radius 1 is 0.978 bits per heavy atom. The molecule has 2 N–H and O–H groups in total. The molecule has 246 valence electrons. The Labute approximate surface area is 260 Å². The molecular weight excluding hydrogens is 620 g/mol. The van der Waals surface area contributed by atoms with E-state index in [1.165, 1.54) is 12.0 Å². The molecule has 3 aliphatic rings. The number of aromatic nitrogens is 1. The molecule has 3 fully saturated rings. The number of pyridine rings is 1. The number of rotatable bonds is 8. The van der Waals surface area contributed by atoms with E-state index in [0.29, 0.717) is 46.9 Å². The molecule has 1 unspecified atom stereocenters. The van der Waals surface area contributed by atoms with Gasteiger partial charge in [-0.3, -0.25) is 4.79 Å². The second-order valence-electron chi connectivity index (χ2n) is 11.9. The summed E-state index contributed by atoms with van der Waals surface area (Å²) >= 11 is 0. The number of carbonyl (C=O) groups is 1. The SMILES string of the molecule is COc1ccc([C@@H]2C[C@H]2C(=O)O)cc1-c1ccc(N2CCC2)nc1CN1C(O)O[C@H](c2cc(C(F)(F)F)cc(C(F)(F)F)c2)[C@@H]1C. The third-order valence-electron chi connectivity index (χ3n) is 8.97. The number of alkyl halides is 6. The van der Waals surface area contributed by atoms with Gasteiger partial charge in [-0.05, 0) is 79.3 Å². The highest BCUT2D eigenvalue weighted by atomic mass is 19.4. The second kappa shape index (κ2) is 11.7. The van der Waals surface area contributed by atoms with Gasteiger partial charge >= 0.3 is 18.3 Å². The lowest BCUT2D eigenvalue weighted by Crippen LogP contribution is -2.38. The molecule has 3 heterocycles. The zero-order valence-electron chi connectivity index (χ0n) is 24.8. The monoisotopic (exact) mass is 651 g/mol. The molecule has 2 aromatic carbocycles. The molecule has 6 rings (SSSR count). The van der Waals surface area contributed by atoms with Gasteiger partial charge in [-0.25, -0.2) is 9.88 Å². The highest BCUT2D eigenvalue weighted by Gasteiger charge is 2.45. The Morgan fingerprint density at radius 2 is 1.65 bits per heavy atom. The van der Waals surface area contributed by atoms with Crippen LogP contribution in [0.5, 0.6) is 5.75 Å². The van der Waals surface area contributed by atoms with Crippen molar-refractivity contribution in [2.45, 2.75) is 63.1 Å². The quantitative estimate of drug-likeness (QED) is 0.269. The van der Waals surface area contributed by atoms with Crippen LogP contribution in [0.15, 0.2) is 48.5 Å². The van der Waals surface area contributed by atoms with Crippen molar-refractivity contribution in [1.29, 1.82) is 0 Å². The molecule has 1 aromatic heterocycles. The molecule has 8 nitrogen and oxygen atoms in total. The summed E-state index contributed by atoms with van der Waals surface area (Å²) in [5, 5.41) is 20.4. The van der Waals surface area contributed by atoms with Crippen LogP contribution in [0, 0.1) is 5.92 Å². The summed E-state index contributed by atoms with van der Waals surface area (Å²) in [7, 11) is 1.49. The first-order chi connectivity index (χ1) is 21.7. The Hall–Kier alpha value is -3.88. The van der Waals surface area contributed by atoms with Gasteiger partial charge in [0.1, 0.15) is 17.7 Å². The number of aliphatic carboxylic acids is 1. The maximum atomic E-state index is 13.6. The molecule has 2 aliphatic heterocycles. The van der Waals surface area contributed by atoms with Gasteiger partial charge in [-0.2, -0.15) is 26.3 Å². The van der Waals surface area contributed by atoms with Crippen LogP contribution in [0.2, 0.25) is 0 Å². The van der Waals surface area contributed by atoms with Crippen LogP contribution >= 0.6 is 0 Å². The smallest absolute Gasteiger partial charge is 0.416 e. The van der Waals surface area contributed by atoms with E-state index in [2.05, 4.69) is 0 Å². The molecule has 0 spiro atoms. The van der Waals surface area contributed by atoms with E-state index in [1.807, 2.05) is 29.2 Å². The van der Waals surface area contributed by atoms with Crippen LogP contribution in [0.1, 0.15) is 59.7 Å². The summed E-state index contributed by atoms with van der Waals surface area (Å²) < 4.78 is 92.8. The summed E-state index contributed by atoms with van der Waals surface area (Å²) in [4.78, 5) is 19.9. The summed E-state index contributed by atoms with van der Waals surface area (Å²) in [6.45, 7) is 3.05. The number of benzene rings is 2. The van der Waals surface area contributed by atoms with Crippen LogP contribution in [0.3, 0.4) is 0 Å². The van der Waals surface area contributed by atoms with Crippen molar-refractivity contribution in [2.24, 2.45) is 5.92 Å². The molecule has 3 aromatic rings. The predicted molar refractivity (Wildman–Crippen MR) is 153 cm³/mol. The number of anilines is 1. The van der Waals surface area contributed by atoms with E-state index >= 15 is 0 Å².